The van der Waals surface area contributed by atoms with Crippen molar-refractivity contribution >= 4 is 0 Å². The molecule has 0 aliphatic heterocycles. The lowest BCUT2D eigenvalue weighted by atomic mass is 10.1. The van der Waals surface area contributed by atoms with Gasteiger partial charge in [-0.05, 0) is 24.1 Å². The Bertz CT molecular complexity index is 358. The molecule has 1 aromatic carbocycles. The van der Waals surface area contributed by atoms with Gasteiger partial charge in [0.1, 0.15) is 0 Å². The molecule has 0 bridgehead atoms. The van der Waals surface area contributed by atoms with Crippen molar-refractivity contribution in [2.45, 2.75) is 19.4 Å². The van der Waals surface area contributed by atoms with Crippen LogP contribution < -0.4 is 16.2 Å². The summed E-state index contributed by atoms with van der Waals surface area (Å²) in [4.78, 5) is 0. The minimum atomic E-state index is -0.985. The number of nitrogens with two attached hydrogens (primary N) is 2. The molecule has 5 heteroatoms. The highest BCUT2D eigenvalue weighted by atomic mass is 19.2. The van der Waals surface area contributed by atoms with E-state index in [9.17, 15) is 8.78 Å². The van der Waals surface area contributed by atoms with Gasteiger partial charge >= 0.3 is 0 Å². The van der Waals surface area contributed by atoms with Crippen LogP contribution in [-0.2, 0) is 0 Å². The van der Waals surface area contributed by atoms with Gasteiger partial charge < -0.3 is 16.2 Å². The maximum Gasteiger partial charge on any atom is 0.200 e. The van der Waals surface area contributed by atoms with Crippen LogP contribution in [0.15, 0.2) is 12.1 Å². The van der Waals surface area contributed by atoms with E-state index in [4.69, 9.17) is 16.2 Å². The first-order valence-electron chi connectivity index (χ1n) is 5.17. The van der Waals surface area contributed by atoms with Crippen molar-refractivity contribution in [3.05, 3.63) is 29.3 Å². The summed E-state index contributed by atoms with van der Waals surface area (Å²) in [6.45, 7) is 2.37. The molecule has 0 saturated carbocycles. The quantitative estimate of drug-likeness (QED) is 0.809. The minimum absolute atomic E-state index is 0.110. The lowest BCUT2D eigenvalue weighted by Crippen LogP contribution is -2.21. The van der Waals surface area contributed by atoms with Crippen LogP contribution in [0.2, 0.25) is 0 Å². The predicted molar refractivity (Wildman–Crippen MR) is 58.1 cm³/mol. The average molecular weight is 230 g/mol. The summed E-state index contributed by atoms with van der Waals surface area (Å²) >= 11 is 0. The van der Waals surface area contributed by atoms with E-state index in [0.29, 0.717) is 18.6 Å². The van der Waals surface area contributed by atoms with Crippen LogP contribution in [-0.4, -0.2) is 13.2 Å². The fourth-order valence-electron chi connectivity index (χ4n) is 1.25. The van der Waals surface area contributed by atoms with E-state index in [-0.39, 0.29) is 12.3 Å². The zero-order valence-electron chi connectivity index (χ0n) is 9.17. The molecule has 0 spiro atoms. The van der Waals surface area contributed by atoms with Gasteiger partial charge in [-0.1, -0.05) is 6.92 Å². The van der Waals surface area contributed by atoms with Gasteiger partial charge in [0, 0.05) is 12.6 Å². The van der Waals surface area contributed by atoms with Crippen molar-refractivity contribution in [1.29, 1.82) is 0 Å². The molecule has 0 fully saturated rings. The van der Waals surface area contributed by atoms with E-state index in [1.807, 2.05) is 6.92 Å². The largest absolute Gasteiger partial charge is 0.490 e. The Morgan fingerprint density at radius 1 is 1.38 bits per heavy atom. The Labute approximate surface area is 93.4 Å². The van der Waals surface area contributed by atoms with Crippen molar-refractivity contribution < 1.29 is 13.5 Å². The van der Waals surface area contributed by atoms with Gasteiger partial charge in [-0.2, -0.15) is 4.39 Å². The number of ether oxygens (including phenoxy) is 1. The van der Waals surface area contributed by atoms with E-state index in [0.717, 1.165) is 6.07 Å². The molecule has 4 N–H and O–H groups in total. The normalized spacial score (nSPS) is 12.6. The molecule has 16 heavy (non-hydrogen) atoms. The Balaban J connectivity index is 3.01. The highest BCUT2D eigenvalue weighted by molar-refractivity contribution is 5.33. The third kappa shape index (κ3) is 2.90. The molecular formula is C11H16F2N2O. The number of hydrogen-bond acceptors (Lipinski definition) is 3. The second-order valence-electron chi connectivity index (χ2n) is 3.51. The minimum Gasteiger partial charge on any atom is -0.490 e. The molecule has 1 atom stereocenters. The molecule has 0 amide bonds. The summed E-state index contributed by atoms with van der Waals surface area (Å²) < 4.78 is 31.6. The maximum absolute atomic E-state index is 13.3. The van der Waals surface area contributed by atoms with Crippen LogP contribution >= 0.6 is 0 Å². The molecule has 0 radical (unpaired) electrons. The van der Waals surface area contributed by atoms with E-state index in [2.05, 4.69) is 0 Å². The summed E-state index contributed by atoms with van der Waals surface area (Å²) in [6, 6.07) is 1.93. The number of halogens is 2. The molecule has 0 aromatic heterocycles. The standard InChI is InChI=1S/C11H16F2N2O/c1-2-3-16-10-5-7(9(15)6-14)4-8(12)11(10)13/h4-5,9H,2-3,6,14-15H2,1H3. The Kier molecular flexibility index (Phi) is 4.64. The van der Waals surface area contributed by atoms with E-state index < -0.39 is 17.7 Å². The number of benzene rings is 1. The van der Waals surface area contributed by atoms with Crippen LogP contribution in [0.25, 0.3) is 0 Å². The summed E-state index contributed by atoms with van der Waals surface area (Å²) in [5.74, 6) is -2.06. The Hall–Kier alpha value is -1.20. The van der Waals surface area contributed by atoms with Gasteiger partial charge in [0.15, 0.2) is 11.6 Å². The zero-order chi connectivity index (χ0) is 12.1. The van der Waals surface area contributed by atoms with E-state index in [1.54, 1.807) is 0 Å². The van der Waals surface area contributed by atoms with Crippen molar-refractivity contribution in [3.8, 4) is 5.75 Å². The van der Waals surface area contributed by atoms with Gasteiger partial charge in [0.25, 0.3) is 0 Å². The van der Waals surface area contributed by atoms with Crippen LogP contribution in [0.3, 0.4) is 0 Å². The first-order chi connectivity index (χ1) is 7.60. The molecule has 0 aliphatic carbocycles. The SMILES string of the molecule is CCCOc1cc(C(N)CN)cc(F)c1F. The van der Waals surface area contributed by atoms with E-state index in [1.165, 1.54) is 6.07 Å². The van der Waals surface area contributed by atoms with Gasteiger partial charge in [0.2, 0.25) is 5.82 Å². The third-order valence-electron chi connectivity index (χ3n) is 2.16. The van der Waals surface area contributed by atoms with Crippen LogP contribution in [0.1, 0.15) is 24.9 Å². The number of hydrogen-bond donors (Lipinski definition) is 2. The lowest BCUT2D eigenvalue weighted by Gasteiger charge is -2.13. The first-order valence-corrected chi connectivity index (χ1v) is 5.17. The summed E-state index contributed by atoms with van der Waals surface area (Å²) in [7, 11) is 0. The topological polar surface area (TPSA) is 61.3 Å². The molecule has 1 rings (SSSR count). The third-order valence-corrected chi connectivity index (χ3v) is 2.16. The molecule has 1 unspecified atom stereocenters. The van der Waals surface area contributed by atoms with Gasteiger partial charge in [0.05, 0.1) is 6.61 Å². The van der Waals surface area contributed by atoms with Crippen LogP contribution in [0, 0.1) is 11.6 Å². The summed E-state index contributed by atoms with van der Waals surface area (Å²) in [5, 5.41) is 0. The molecule has 0 aliphatic rings. The van der Waals surface area contributed by atoms with E-state index >= 15 is 0 Å². The van der Waals surface area contributed by atoms with Crippen molar-refractivity contribution in [1.82, 2.24) is 0 Å². The summed E-state index contributed by atoms with van der Waals surface area (Å²) in [6.07, 6.45) is 0.716. The zero-order valence-corrected chi connectivity index (χ0v) is 9.17. The highest BCUT2D eigenvalue weighted by Crippen LogP contribution is 2.24. The Morgan fingerprint density at radius 3 is 2.62 bits per heavy atom. The fourth-order valence-corrected chi connectivity index (χ4v) is 1.25. The average Bonchev–Trinajstić information content (AvgIpc) is 2.29. The van der Waals surface area contributed by atoms with Crippen molar-refractivity contribution in [2.75, 3.05) is 13.2 Å². The molecule has 1 aromatic rings. The van der Waals surface area contributed by atoms with Crippen LogP contribution in [0.4, 0.5) is 8.78 Å². The fraction of sp³-hybridized carbons (Fsp3) is 0.455. The van der Waals surface area contributed by atoms with Crippen molar-refractivity contribution in [3.63, 3.8) is 0 Å². The van der Waals surface area contributed by atoms with Crippen LogP contribution in [0.5, 0.6) is 5.75 Å². The first kappa shape index (κ1) is 12.9. The molecular weight excluding hydrogens is 214 g/mol. The molecule has 0 saturated heterocycles. The second-order valence-corrected chi connectivity index (χ2v) is 3.51. The maximum atomic E-state index is 13.3. The Morgan fingerprint density at radius 2 is 2.06 bits per heavy atom. The number of rotatable bonds is 5. The highest BCUT2D eigenvalue weighted by Gasteiger charge is 2.14. The van der Waals surface area contributed by atoms with Gasteiger partial charge in [-0.25, -0.2) is 4.39 Å². The van der Waals surface area contributed by atoms with Gasteiger partial charge in [-0.15, -0.1) is 0 Å². The molecule has 90 valence electrons. The molecule has 3 nitrogen and oxygen atoms in total. The second kappa shape index (κ2) is 5.77. The van der Waals surface area contributed by atoms with Gasteiger partial charge in [-0.3, -0.25) is 0 Å². The monoisotopic (exact) mass is 230 g/mol. The smallest absolute Gasteiger partial charge is 0.200 e. The lowest BCUT2D eigenvalue weighted by molar-refractivity contribution is 0.294. The van der Waals surface area contributed by atoms with Crippen molar-refractivity contribution in [2.24, 2.45) is 11.5 Å². The molecule has 0 heterocycles. The predicted octanol–water partition coefficient (Wildman–Crippen LogP) is 1.71. The summed E-state index contributed by atoms with van der Waals surface area (Å²) in [5.41, 5.74) is 11.4.